The molecule has 1 atom stereocenters. The zero-order valence-electron chi connectivity index (χ0n) is 18.4. The number of amides is 1. The van der Waals surface area contributed by atoms with Crippen molar-refractivity contribution in [3.63, 3.8) is 0 Å². The Hall–Kier alpha value is -1.99. The van der Waals surface area contributed by atoms with Crippen molar-refractivity contribution < 1.29 is 19.0 Å². The van der Waals surface area contributed by atoms with E-state index in [4.69, 9.17) is 14.2 Å². The Labute approximate surface area is 185 Å². The van der Waals surface area contributed by atoms with Gasteiger partial charge in [0.15, 0.2) is 11.5 Å². The third-order valence-corrected chi connectivity index (χ3v) is 7.36. The molecule has 7 heteroatoms. The molecule has 1 amide bonds. The van der Waals surface area contributed by atoms with Crippen molar-refractivity contribution in [3.8, 4) is 11.5 Å². The Morgan fingerprint density at radius 3 is 2.65 bits per heavy atom. The van der Waals surface area contributed by atoms with E-state index in [0.717, 1.165) is 81.6 Å². The zero-order chi connectivity index (χ0) is 21.0. The van der Waals surface area contributed by atoms with Crippen LogP contribution in [0.2, 0.25) is 0 Å². The first-order valence-electron chi connectivity index (χ1n) is 12.0. The van der Waals surface area contributed by atoms with Gasteiger partial charge in [-0.15, -0.1) is 0 Å². The van der Waals surface area contributed by atoms with Gasteiger partial charge in [0.05, 0.1) is 5.69 Å². The number of piperazine rings is 1. The summed E-state index contributed by atoms with van der Waals surface area (Å²) in [5, 5.41) is 3.23. The van der Waals surface area contributed by atoms with E-state index in [2.05, 4.69) is 27.2 Å². The van der Waals surface area contributed by atoms with Crippen LogP contribution in [0.5, 0.6) is 11.5 Å². The summed E-state index contributed by atoms with van der Waals surface area (Å²) in [7, 11) is 0. The predicted molar refractivity (Wildman–Crippen MR) is 119 cm³/mol. The summed E-state index contributed by atoms with van der Waals surface area (Å²) in [6, 6.07) is 6.51. The van der Waals surface area contributed by atoms with Gasteiger partial charge in [0.2, 0.25) is 12.7 Å². The molecule has 31 heavy (non-hydrogen) atoms. The molecule has 1 aliphatic carbocycles. The van der Waals surface area contributed by atoms with Crippen LogP contribution in [0.4, 0.5) is 5.69 Å². The minimum absolute atomic E-state index is 0.111. The fourth-order valence-corrected chi connectivity index (χ4v) is 5.42. The predicted octanol–water partition coefficient (Wildman–Crippen LogP) is 2.78. The Balaban J connectivity index is 1.01. The third-order valence-electron chi connectivity index (χ3n) is 7.36. The lowest BCUT2D eigenvalue weighted by molar-refractivity contribution is -0.131. The molecule has 0 bridgehead atoms. The Bertz CT molecular complexity index is 751. The summed E-state index contributed by atoms with van der Waals surface area (Å²) in [5.41, 5.74) is 1.16. The molecule has 2 saturated heterocycles. The first kappa shape index (κ1) is 20.9. The highest BCUT2D eigenvalue weighted by molar-refractivity contribution is 5.81. The molecule has 1 saturated carbocycles. The number of carbonyl (C=O) groups excluding carboxylic acids is 1. The number of fused-ring (bicyclic) bond motifs is 1. The van der Waals surface area contributed by atoms with Crippen LogP contribution in [-0.2, 0) is 9.53 Å². The number of hydrogen-bond donors (Lipinski definition) is 1. The van der Waals surface area contributed by atoms with Crippen LogP contribution in [0, 0.1) is 5.92 Å². The van der Waals surface area contributed by atoms with E-state index in [1.165, 1.54) is 25.8 Å². The van der Waals surface area contributed by atoms with Crippen LogP contribution in [0.1, 0.15) is 44.9 Å². The van der Waals surface area contributed by atoms with Gasteiger partial charge >= 0.3 is 0 Å². The van der Waals surface area contributed by atoms with Crippen LogP contribution in [0.15, 0.2) is 18.2 Å². The van der Waals surface area contributed by atoms with Crippen LogP contribution < -0.4 is 19.7 Å². The van der Waals surface area contributed by atoms with Crippen LogP contribution in [-0.4, -0.2) is 69.1 Å². The summed E-state index contributed by atoms with van der Waals surface area (Å²) in [6.07, 6.45) is 7.62. The number of ether oxygens (including phenoxy) is 3. The van der Waals surface area contributed by atoms with Gasteiger partial charge in [-0.1, -0.05) is 6.07 Å². The molecule has 4 aliphatic rings. The van der Waals surface area contributed by atoms with Crippen molar-refractivity contribution >= 4 is 11.6 Å². The number of anilines is 1. The monoisotopic (exact) mass is 429 g/mol. The maximum Gasteiger partial charge on any atom is 0.249 e. The number of rotatable bonds is 6. The average molecular weight is 430 g/mol. The van der Waals surface area contributed by atoms with Crippen molar-refractivity contribution in [2.45, 2.75) is 57.1 Å². The van der Waals surface area contributed by atoms with E-state index in [1.54, 1.807) is 0 Å². The second kappa shape index (κ2) is 9.65. The molecule has 0 spiro atoms. The number of carbonyl (C=O) groups is 1. The van der Waals surface area contributed by atoms with Crippen molar-refractivity contribution in [2.24, 2.45) is 5.92 Å². The molecule has 0 radical (unpaired) electrons. The van der Waals surface area contributed by atoms with Gasteiger partial charge in [-0.25, -0.2) is 0 Å². The molecule has 7 nitrogen and oxygen atoms in total. The molecule has 1 aromatic rings. The smallest absolute Gasteiger partial charge is 0.249 e. The van der Waals surface area contributed by atoms with E-state index in [0.29, 0.717) is 12.8 Å². The van der Waals surface area contributed by atoms with Crippen LogP contribution >= 0.6 is 0 Å². The molecule has 5 rings (SSSR count). The summed E-state index contributed by atoms with van der Waals surface area (Å²) in [5.74, 6) is 2.67. The van der Waals surface area contributed by atoms with Gasteiger partial charge in [-0.05, 0) is 69.5 Å². The topological polar surface area (TPSA) is 63.3 Å². The highest BCUT2D eigenvalue weighted by Crippen LogP contribution is 2.41. The van der Waals surface area contributed by atoms with Gasteiger partial charge < -0.3 is 24.4 Å². The van der Waals surface area contributed by atoms with Crippen LogP contribution in [0.25, 0.3) is 0 Å². The van der Waals surface area contributed by atoms with Crippen molar-refractivity contribution in [2.75, 3.05) is 51.0 Å². The lowest BCUT2D eigenvalue weighted by atomic mass is 9.84. The quantitative estimate of drug-likeness (QED) is 0.750. The largest absolute Gasteiger partial charge is 0.454 e. The van der Waals surface area contributed by atoms with E-state index in [9.17, 15) is 4.79 Å². The number of nitrogens with zero attached hydrogens (tertiary/aromatic N) is 2. The second-order valence-electron chi connectivity index (χ2n) is 9.36. The molecular formula is C24H35N3O4. The van der Waals surface area contributed by atoms with E-state index in [-0.39, 0.29) is 12.0 Å². The number of nitrogens with one attached hydrogen (secondary N) is 1. The first-order chi connectivity index (χ1) is 15.3. The number of para-hydroxylation sites is 1. The van der Waals surface area contributed by atoms with Gasteiger partial charge in [0.25, 0.3) is 0 Å². The molecule has 0 aromatic heterocycles. The fourth-order valence-electron chi connectivity index (χ4n) is 5.42. The minimum Gasteiger partial charge on any atom is -0.454 e. The van der Waals surface area contributed by atoms with Crippen molar-refractivity contribution in [3.05, 3.63) is 18.2 Å². The van der Waals surface area contributed by atoms with Crippen molar-refractivity contribution in [1.82, 2.24) is 10.2 Å². The summed E-state index contributed by atoms with van der Waals surface area (Å²) < 4.78 is 16.7. The van der Waals surface area contributed by atoms with Gasteiger partial charge in [-0.3, -0.25) is 9.69 Å². The normalized spacial score (nSPS) is 28.6. The van der Waals surface area contributed by atoms with Crippen LogP contribution in [0.3, 0.4) is 0 Å². The molecule has 3 heterocycles. The SMILES string of the molecule is O=C(NC1CCC(CCN2CCN(c3cccc4c3OCO4)CC2)CC1)C1CCCO1. The number of benzene rings is 1. The first-order valence-corrected chi connectivity index (χ1v) is 12.0. The molecule has 1 aromatic carbocycles. The molecule has 3 aliphatic heterocycles. The summed E-state index contributed by atoms with van der Waals surface area (Å²) >= 11 is 0. The van der Waals surface area contributed by atoms with Gasteiger partial charge in [0.1, 0.15) is 6.10 Å². The van der Waals surface area contributed by atoms with Crippen molar-refractivity contribution in [1.29, 1.82) is 0 Å². The Morgan fingerprint density at radius 1 is 1.03 bits per heavy atom. The fraction of sp³-hybridized carbons (Fsp3) is 0.708. The Morgan fingerprint density at radius 2 is 1.87 bits per heavy atom. The second-order valence-corrected chi connectivity index (χ2v) is 9.36. The standard InChI is InChI=1S/C24H35N3O4/c28-24(22-5-2-16-29-22)25-19-8-6-18(7-9-19)10-11-26-12-14-27(15-13-26)20-3-1-4-21-23(20)31-17-30-21/h1,3-4,18-19,22H,2,5-17H2,(H,25,28). The maximum atomic E-state index is 12.3. The molecular weight excluding hydrogens is 394 g/mol. The molecule has 3 fully saturated rings. The average Bonchev–Trinajstić information content (AvgIpc) is 3.51. The number of hydrogen-bond acceptors (Lipinski definition) is 6. The van der Waals surface area contributed by atoms with Gasteiger partial charge in [-0.2, -0.15) is 0 Å². The highest BCUT2D eigenvalue weighted by Gasteiger charge is 2.29. The molecule has 1 N–H and O–H groups in total. The Kier molecular flexibility index (Phi) is 6.50. The highest BCUT2D eigenvalue weighted by atomic mass is 16.7. The third kappa shape index (κ3) is 4.93. The van der Waals surface area contributed by atoms with E-state index < -0.39 is 0 Å². The maximum absolute atomic E-state index is 12.3. The summed E-state index contributed by atoms with van der Waals surface area (Å²) in [4.78, 5) is 17.3. The lowest BCUT2D eigenvalue weighted by Crippen LogP contribution is -2.47. The summed E-state index contributed by atoms with van der Waals surface area (Å²) in [6.45, 7) is 6.48. The van der Waals surface area contributed by atoms with E-state index >= 15 is 0 Å². The molecule has 170 valence electrons. The van der Waals surface area contributed by atoms with E-state index in [1.807, 2.05) is 6.07 Å². The lowest BCUT2D eigenvalue weighted by Gasteiger charge is -2.37. The zero-order valence-corrected chi connectivity index (χ0v) is 18.4. The van der Waals surface area contributed by atoms with Gasteiger partial charge in [0, 0.05) is 38.8 Å². The molecule has 1 unspecified atom stereocenters. The minimum atomic E-state index is -0.201.